The van der Waals surface area contributed by atoms with Gasteiger partial charge in [-0.05, 0) is 98.9 Å². The molecule has 0 radical (unpaired) electrons. The number of rotatable bonds is 4. The molecule has 0 spiro atoms. The third-order valence-electron chi connectivity index (χ3n) is 8.72. The van der Waals surface area contributed by atoms with Crippen LogP contribution in [0.4, 0.5) is 4.39 Å². The van der Waals surface area contributed by atoms with Crippen LogP contribution in [0.2, 0.25) is 0 Å². The molecule has 1 N–H and O–H groups in total. The molecule has 5 rings (SSSR count). The lowest BCUT2D eigenvalue weighted by atomic mass is 9.71. The molecule has 1 heterocycles. The molecule has 0 aliphatic heterocycles. The van der Waals surface area contributed by atoms with Crippen molar-refractivity contribution in [1.82, 2.24) is 4.57 Å². The highest BCUT2D eigenvalue weighted by Crippen LogP contribution is 2.46. The molecule has 0 aliphatic rings. The summed E-state index contributed by atoms with van der Waals surface area (Å²) >= 11 is 0. The fraction of sp³-hybridized carbons (Fsp3) is 0.400. The summed E-state index contributed by atoms with van der Waals surface area (Å²) in [5.74, 6) is -0.168. The van der Waals surface area contributed by atoms with Crippen LogP contribution in [0.3, 0.4) is 0 Å². The van der Waals surface area contributed by atoms with Gasteiger partial charge in [-0.15, -0.1) is 0 Å². The van der Waals surface area contributed by atoms with E-state index in [9.17, 15) is 9.50 Å². The minimum Gasteiger partial charge on any atom is -0.505 e. The molecule has 0 saturated heterocycles. The third-order valence-corrected chi connectivity index (χ3v) is 8.72. The van der Waals surface area contributed by atoms with E-state index in [1.807, 2.05) is 6.07 Å². The van der Waals surface area contributed by atoms with Crippen molar-refractivity contribution in [2.45, 2.75) is 98.8 Å². The van der Waals surface area contributed by atoms with Crippen LogP contribution in [0.25, 0.3) is 38.6 Å². The van der Waals surface area contributed by atoms with E-state index < -0.39 is 0 Å². The van der Waals surface area contributed by atoms with Crippen molar-refractivity contribution >= 4 is 21.8 Å². The van der Waals surface area contributed by atoms with Crippen molar-refractivity contribution in [3.05, 3.63) is 95.3 Å². The third kappa shape index (κ3) is 5.96. The van der Waals surface area contributed by atoms with E-state index in [-0.39, 0.29) is 33.2 Å². The lowest BCUT2D eigenvalue weighted by Gasteiger charge is -2.34. The predicted octanol–water partition coefficient (Wildman–Crippen LogP) is 11.6. The summed E-state index contributed by atoms with van der Waals surface area (Å²) in [4.78, 5) is 0. The molecule has 0 bridgehead atoms. The molecule has 5 aromatic rings. The fourth-order valence-corrected chi connectivity index (χ4v) is 6.70. The normalized spacial score (nSPS) is 13.3. The molecule has 2 nitrogen and oxygen atoms in total. The highest BCUT2D eigenvalue weighted by molar-refractivity contribution is 6.10. The Hall–Kier alpha value is -3.59. The minimum atomic E-state index is -0.320. The highest BCUT2D eigenvalue weighted by Gasteiger charge is 2.30. The van der Waals surface area contributed by atoms with Gasteiger partial charge in [-0.1, -0.05) is 100 Å². The van der Waals surface area contributed by atoms with Crippen LogP contribution in [0.5, 0.6) is 5.75 Å². The van der Waals surface area contributed by atoms with Crippen molar-refractivity contribution in [3.8, 4) is 22.6 Å². The van der Waals surface area contributed by atoms with Crippen molar-refractivity contribution < 1.29 is 9.50 Å². The second kappa shape index (κ2) is 10.3. The molecule has 226 valence electrons. The van der Waals surface area contributed by atoms with Gasteiger partial charge in [0, 0.05) is 16.3 Å². The lowest BCUT2D eigenvalue weighted by Crippen LogP contribution is -2.25. The maximum Gasteiger partial charge on any atom is 0.147 e. The first-order chi connectivity index (χ1) is 19.8. The highest BCUT2D eigenvalue weighted by atomic mass is 19.1. The number of nitrogens with zero attached hydrogens (tertiary/aromatic N) is 1. The molecular weight excluding hydrogens is 529 g/mol. The van der Waals surface area contributed by atoms with Crippen molar-refractivity contribution in [1.29, 1.82) is 0 Å². The van der Waals surface area contributed by atoms with Gasteiger partial charge in [0.05, 0.1) is 16.7 Å². The van der Waals surface area contributed by atoms with Crippen LogP contribution in [0, 0.1) is 11.2 Å². The number of phenolic OH excluding ortho intramolecular Hbond substituents is 1. The van der Waals surface area contributed by atoms with Crippen LogP contribution < -0.4 is 0 Å². The van der Waals surface area contributed by atoms with Crippen LogP contribution in [-0.2, 0) is 16.2 Å². The number of aromatic nitrogens is 1. The average molecular weight is 578 g/mol. The molecule has 0 unspecified atom stereocenters. The summed E-state index contributed by atoms with van der Waals surface area (Å²) in [5.41, 5.74) is 7.64. The van der Waals surface area contributed by atoms with Gasteiger partial charge in [-0.3, -0.25) is 0 Å². The molecule has 0 atom stereocenters. The number of fused-ring (bicyclic) bond motifs is 3. The number of phenols is 1. The Bertz CT molecular complexity index is 1760. The van der Waals surface area contributed by atoms with E-state index in [2.05, 4.69) is 129 Å². The second-order valence-electron chi connectivity index (χ2n) is 16.3. The van der Waals surface area contributed by atoms with E-state index in [0.29, 0.717) is 16.8 Å². The van der Waals surface area contributed by atoms with Crippen LogP contribution in [-0.4, -0.2) is 9.67 Å². The van der Waals surface area contributed by atoms with E-state index >= 15 is 0 Å². The number of hydrogen-bond donors (Lipinski definition) is 1. The Morgan fingerprint density at radius 2 is 1.16 bits per heavy atom. The van der Waals surface area contributed by atoms with Gasteiger partial charge in [0.1, 0.15) is 11.6 Å². The van der Waals surface area contributed by atoms with E-state index in [1.54, 1.807) is 6.07 Å². The van der Waals surface area contributed by atoms with Gasteiger partial charge < -0.3 is 9.67 Å². The van der Waals surface area contributed by atoms with Crippen molar-refractivity contribution in [3.63, 3.8) is 0 Å². The number of halogens is 1. The smallest absolute Gasteiger partial charge is 0.147 e. The maximum atomic E-state index is 14.5. The first kappa shape index (κ1) is 30.9. The topological polar surface area (TPSA) is 25.2 Å². The molecule has 0 fully saturated rings. The van der Waals surface area contributed by atoms with Crippen molar-refractivity contribution in [2.24, 2.45) is 5.41 Å². The Morgan fingerprint density at radius 3 is 1.63 bits per heavy atom. The number of benzene rings is 4. The standard InChI is InChI=1S/C40H48FNO/c1-37(2,3)24-40(10,11)28-22-30(25-13-12-14-29(41)19-25)36(43)35(23-28)42-33-17-15-26(38(4,5)6)20-31(33)32-21-27(39(7,8)9)16-18-34(32)42/h12-23,43H,24H2,1-11H3. The zero-order chi connectivity index (χ0) is 31.7. The average Bonchev–Trinajstić information content (AvgIpc) is 3.19. The first-order valence-electron chi connectivity index (χ1n) is 15.5. The second-order valence-corrected chi connectivity index (χ2v) is 16.3. The summed E-state index contributed by atoms with van der Waals surface area (Å²) < 4.78 is 16.7. The van der Waals surface area contributed by atoms with Gasteiger partial charge in [0.2, 0.25) is 0 Å². The Labute approximate surface area is 257 Å². The molecule has 0 aliphatic carbocycles. The molecular formula is C40H48FNO. The van der Waals surface area contributed by atoms with Gasteiger partial charge in [0.15, 0.2) is 0 Å². The van der Waals surface area contributed by atoms with E-state index in [4.69, 9.17) is 0 Å². The fourth-order valence-electron chi connectivity index (χ4n) is 6.70. The van der Waals surface area contributed by atoms with Crippen molar-refractivity contribution in [2.75, 3.05) is 0 Å². The molecule has 0 saturated carbocycles. The molecule has 3 heteroatoms. The van der Waals surface area contributed by atoms with Crippen LogP contribution in [0.15, 0.2) is 72.8 Å². The van der Waals surface area contributed by atoms with Gasteiger partial charge >= 0.3 is 0 Å². The Morgan fingerprint density at radius 1 is 0.628 bits per heavy atom. The first-order valence-corrected chi connectivity index (χ1v) is 15.5. The van der Waals surface area contributed by atoms with Gasteiger partial charge in [-0.25, -0.2) is 4.39 Å². The van der Waals surface area contributed by atoms with Gasteiger partial charge in [0.25, 0.3) is 0 Å². The number of hydrogen-bond acceptors (Lipinski definition) is 1. The van der Waals surface area contributed by atoms with Gasteiger partial charge in [-0.2, -0.15) is 0 Å². The maximum absolute atomic E-state index is 14.5. The van der Waals surface area contributed by atoms with E-state index in [0.717, 1.165) is 23.0 Å². The lowest BCUT2D eigenvalue weighted by molar-refractivity contribution is 0.284. The molecule has 1 aromatic heterocycles. The SMILES string of the molecule is CC(C)(C)CC(C)(C)c1cc(-c2cccc(F)c2)c(O)c(-n2c3ccc(C(C)(C)C)cc3c3cc(C(C)(C)C)ccc32)c1. The number of aromatic hydroxyl groups is 1. The summed E-state index contributed by atoms with van der Waals surface area (Å²) in [6.45, 7) is 24.8. The minimum absolute atomic E-state index is 0.00611. The molecule has 0 amide bonds. The van der Waals surface area contributed by atoms with Crippen LogP contribution in [0.1, 0.15) is 99.3 Å². The Kier molecular flexibility index (Phi) is 7.36. The summed E-state index contributed by atoms with van der Waals surface area (Å²) in [7, 11) is 0. The summed E-state index contributed by atoms with van der Waals surface area (Å²) in [6, 6.07) is 24.2. The van der Waals surface area contributed by atoms with E-state index in [1.165, 1.54) is 34.0 Å². The Balaban J connectivity index is 1.91. The zero-order valence-electron chi connectivity index (χ0n) is 27.9. The van der Waals surface area contributed by atoms with Crippen LogP contribution >= 0.6 is 0 Å². The summed E-state index contributed by atoms with van der Waals surface area (Å²) in [6.07, 6.45) is 0.948. The largest absolute Gasteiger partial charge is 0.505 e. The quantitative estimate of drug-likeness (QED) is 0.226. The summed E-state index contributed by atoms with van der Waals surface area (Å²) in [5, 5.41) is 14.4. The zero-order valence-corrected chi connectivity index (χ0v) is 27.9. The molecule has 43 heavy (non-hydrogen) atoms. The monoisotopic (exact) mass is 577 g/mol. The molecule has 4 aromatic carbocycles. The predicted molar refractivity (Wildman–Crippen MR) is 182 cm³/mol.